The number of carboxylic acid groups (broad SMARTS) is 1. The molecule has 1 fully saturated rings. The lowest BCUT2D eigenvalue weighted by molar-refractivity contribution is -0.141. The Labute approximate surface area is 193 Å². The molecule has 0 saturated carbocycles. The van der Waals surface area contributed by atoms with Gasteiger partial charge >= 0.3 is 5.97 Å². The Kier molecular flexibility index (Phi) is 5.68. The number of imidazole rings is 1. The van der Waals surface area contributed by atoms with Crippen LogP contribution < -0.4 is 0 Å². The van der Waals surface area contributed by atoms with E-state index in [9.17, 15) is 9.90 Å². The molecule has 164 valence electrons. The maximum absolute atomic E-state index is 11.3. The first-order valence-corrected chi connectivity index (χ1v) is 11.2. The fraction of sp³-hybridized carbons (Fsp3) is 0.214. The van der Waals surface area contributed by atoms with Crippen molar-refractivity contribution in [3.8, 4) is 34.1 Å². The number of fused-ring (bicyclic) bond motifs is 1. The van der Waals surface area contributed by atoms with Gasteiger partial charge in [-0.3, -0.25) is 14.1 Å². The first-order valence-electron chi connectivity index (χ1n) is 11.2. The van der Waals surface area contributed by atoms with E-state index in [4.69, 9.17) is 0 Å². The van der Waals surface area contributed by atoms with Crippen LogP contribution in [0.3, 0.4) is 0 Å². The molecule has 0 bridgehead atoms. The molecule has 2 aromatic heterocycles. The highest BCUT2D eigenvalue weighted by Gasteiger charge is 2.29. The molecular weight excluding hydrogens is 410 g/mol. The minimum absolute atomic E-state index is 0.418. The van der Waals surface area contributed by atoms with E-state index in [2.05, 4.69) is 78.3 Å². The summed E-state index contributed by atoms with van der Waals surface area (Å²) in [4.78, 5) is 17.8. The summed E-state index contributed by atoms with van der Waals surface area (Å²) in [6.07, 6.45) is 5.38. The van der Waals surface area contributed by atoms with Gasteiger partial charge in [-0.25, -0.2) is 4.98 Å². The number of pyridine rings is 1. The molecule has 1 saturated heterocycles. The van der Waals surface area contributed by atoms with E-state index >= 15 is 0 Å². The molecule has 2 aromatic carbocycles. The van der Waals surface area contributed by atoms with Crippen LogP contribution in [0.4, 0.5) is 0 Å². The number of hydrogen-bond acceptors (Lipinski definition) is 3. The summed E-state index contributed by atoms with van der Waals surface area (Å²) in [5, 5.41) is 9.33. The fourth-order valence-corrected chi connectivity index (χ4v) is 4.65. The first kappa shape index (κ1) is 21.0. The van der Waals surface area contributed by atoms with Crippen LogP contribution >= 0.6 is 0 Å². The lowest BCUT2D eigenvalue weighted by atomic mass is 9.93. The zero-order chi connectivity index (χ0) is 22.8. The van der Waals surface area contributed by atoms with Crippen molar-refractivity contribution in [1.29, 1.82) is 0 Å². The Bertz CT molecular complexity index is 1380. The zero-order valence-electron chi connectivity index (χ0n) is 18.5. The minimum atomic E-state index is -0.761. The van der Waals surface area contributed by atoms with Crippen molar-refractivity contribution in [3.63, 3.8) is 0 Å². The van der Waals surface area contributed by atoms with Gasteiger partial charge in [-0.05, 0) is 65.6 Å². The number of carboxylic acids is 1. The highest BCUT2D eigenvalue weighted by Crippen LogP contribution is 2.32. The lowest BCUT2D eigenvalue weighted by Crippen LogP contribution is -2.36. The molecule has 5 heteroatoms. The normalized spacial score (nSPS) is 16.0. The molecule has 5 nitrogen and oxygen atoms in total. The highest BCUT2D eigenvalue weighted by molar-refractivity contribution is 5.79. The number of hydrogen-bond donors (Lipinski definition) is 1. The molecule has 1 aliphatic rings. The van der Waals surface area contributed by atoms with E-state index in [1.165, 1.54) is 22.3 Å². The Hall–Kier alpha value is -3.88. The van der Waals surface area contributed by atoms with Crippen LogP contribution in [0.1, 0.15) is 24.1 Å². The molecule has 0 radical (unpaired) electrons. The van der Waals surface area contributed by atoms with Crippen molar-refractivity contribution >= 4 is 11.6 Å². The molecule has 4 aromatic rings. The smallest absolute Gasteiger partial charge is 0.320 e. The number of aromatic nitrogens is 2. The van der Waals surface area contributed by atoms with Gasteiger partial charge in [0.25, 0.3) is 0 Å². The van der Waals surface area contributed by atoms with Gasteiger partial charge in [0.05, 0.1) is 12.7 Å². The predicted octanol–water partition coefficient (Wildman–Crippen LogP) is 4.88. The molecule has 3 heterocycles. The topological polar surface area (TPSA) is 57.8 Å². The lowest BCUT2D eigenvalue weighted by Gasteiger charge is -2.17. The molecule has 0 amide bonds. The number of nitrogens with zero attached hydrogens (tertiary/aromatic N) is 3. The third-order valence-electron chi connectivity index (χ3n) is 6.39. The summed E-state index contributed by atoms with van der Waals surface area (Å²) >= 11 is 0. The van der Waals surface area contributed by atoms with E-state index in [0.29, 0.717) is 13.0 Å². The number of benzene rings is 2. The first-order chi connectivity index (χ1) is 16.1. The van der Waals surface area contributed by atoms with Crippen LogP contribution in [0.15, 0.2) is 73.1 Å². The van der Waals surface area contributed by atoms with Crippen LogP contribution in [0.5, 0.6) is 0 Å². The molecule has 0 unspecified atom stereocenters. The Balaban J connectivity index is 1.41. The van der Waals surface area contributed by atoms with Gasteiger partial charge in [0.15, 0.2) is 0 Å². The number of aliphatic carboxylic acids is 1. The van der Waals surface area contributed by atoms with Crippen LogP contribution in [-0.2, 0) is 4.79 Å². The van der Waals surface area contributed by atoms with Gasteiger partial charge < -0.3 is 5.11 Å². The molecule has 5 rings (SSSR count). The van der Waals surface area contributed by atoms with Gasteiger partial charge in [-0.2, -0.15) is 0 Å². The summed E-state index contributed by atoms with van der Waals surface area (Å²) < 4.78 is 1.98. The summed E-state index contributed by atoms with van der Waals surface area (Å²) in [6.45, 7) is 3.39. The molecule has 33 heavy (non-hydrogen) atoms. The third-order valence-corrected chi connectivity index (χ3v) is 6.39. The van der Waals surface area contributed by atoms with Crippen molar-refractivity contribution < 1.29 is 9.90 Å². The van der Waals surface area contributed by atoms with Crippen molar-refractivity contribution in [3.05, 3.63) is 84.3 Å². The van der Waals surface area contributed by atoms with Crippen molar-refractivity contribution in [2.75, 3.05) is 13.1 Å². The van der Waals surface area contributed by atoms with Gasteiger partial charge in [-0.15, -0.1) is 0 Å². The van der Waals surface area contributed by atoms with Crippen LogP contribution in [0, 0.1) is 18.8 Å². The Morgan fingerprint density at radius 3 is 2.67 bits per heavy atom. The van der Waals surface area contributed by atoms with Crippen molar-refractivity contribution in [2.24, 2.45) is 0 Å². The summed E-state index contributed by atoms with van der Waals surface area (Å²) in [6, 6.07) is 20.6. The van der Waals surface area contributed by atoms with Gasteiger partial charge in [0.2, 0.25) is 0 Å². The second kappa shape index (κ2) is 8.93. The minimum Gasteiger partial charge on any atom is -0.480 e. The second-order valence-corrected chi connectivity index (χ2v) is 8.40. The predicted molar refractivity (Wildman–Crippen MR) is 130 cm³/mol. The summed E-state index contributed by atoms with van der Waals surface area (Å²) in [5.41, 5.74) is 7.61. The van der Waals surface area contributed by atoms with Gasteiger partial charge in [0, 0.05) is 12.7 Å². The molecule has 0 aliphatic carbocycles. The van der Waals surface area contributed by atoms with Crippen LogP contribution in [0.25, 0.3) is 27.9 Å². The Morgan fingerprint density at radius 1 is 1.09 bits per heavy atom. The maximum atomic E-state index is 11.3. The zero-order valence-corrected chi connectivity index (χ0v) is 18.5. The van der Waals surface area contributed by atoms with E-state index in [0.717, 1.165) is 29.9 Å². The monoisotopic (exact) mass is 435 g/mol. The average molecular weight is 436 g/mol. The number of likely N-dealkylation sites (tertiary alicyclic amines) is 1. The van der Waals surface area contributed by atoms with Crippen LogP contribution in [0.2, 0.25) is 0 Å². The molecule has 0 spiro atoms. The Morgan fingerprint density at radius 2 is 1.88 bits per heavy atom. The average Bonchev–Trinajstić information content (AvgIpc) is 3.47. The number of rotatable bonds is 4. The summed E-state index contributed by atoms with van der Waals surface area (Å²) in [5.74, 6) is 5.55. The van der Waals surface area contributed by atoms with E-state index in [1.807, 2.05) is 21.6 Å². The number of carbonyl (C=O) groups is 1. The fourth-order valence-electron chi connectivity index (χ4n) is 4.65. The SMILES string of the molecule is Cc1c(-c2ccccc2)cccc1-c1ccn2c(C#CCN3CCC[C@@H]3C(=O)O)cnc2c1. The highest BCUT2D eigenvalue weighted by atomic mass is 16.4. The van der Waals surface area contributed by atoms with E-state index < -0.39 is 12.0 Å². The van der Waals surface area contributed by atoms with Gasteiger partial charge in [-0.1, -0.05) is 54.5 Å². The summed E-state index contributed by atoms with van der Waals surface area (Å²) in [7, 11) is 0. The molecule has 1 atom stereocenters. The van der Waals surface area contributed by atoms with Gasteiger partial charge in [0.1, 0.15) is 17.4 Å². The largest absolute Gasteiger partial charge is 0.480 e. The second-order valence-electron chi connectivity index (χ2n) is 8.40. The van der Waals surface area contributed by atoms with E-state index in [1.54, 1.807) is 6.20 Å². The van der Waals surface area contributed by atoms with Crippen molar-refractivity contribution in [1.82, 2.24) is 14.3 Å². The maximum Gasteiger partial charge on any atom is 0.320 e. The quantitative estimate of drug-likeness (QED) is 0.465. The molecule has 1 aliphatic heterocycles. The van der Waals surface area contributed by atoms with E-state index in [-0.39, 0.29) is 0 Å². The molecular formula is C28H25N3O2. The van der Waals surface area contributed by atoms with Crippen LogP contribution in [-0.4, -0.2) is 44.5 Å². The van der Waals surface area contributed by atoms with Crippen molar-refractivity contribution in [2.45, 2.75) is 25.8 Å². The standard InChI is InChI=1S/C28H25N3O2/c1-20-24(21-8-3-2-4-9-21)11-5-12-25(20)22-14-17-31-23(19-29-27(31)18-22)10-6-15-30-16-7-13-26(30)28(32)33/h2-5,8-9,11-12,14,17-19,26H,7,13,15-16H2,1H3,(H,32,33)/t26-/m1/s1. The third kappa shape index (κ3) is 4.13. The molecule has 1 N–H and O–H groups in total.